The number of anilines is 1. The molecule has 0 spiro atoms. The Morgan fingerprint density at radius 1 is 1.22 bits per heavy atom. The van der Waals surface area contributed by atoms with E-state index < -0.39 is 0 Å². The van der Waals surface area contributed by atoms with E-state index >= 15 is 0 Å². The summed E-state index contributed by atoms with van der Waals surface area (Å²) in [6, 6.07) is 7.14. The molecule has 4 nitrogen and oxygen atoms in total. The van der Waals surface area contributed by atoms with Crippen LogP contribution in [0, 0.1) is 13.8 Å². The Bertz CT molecular complexity index is 790. The minimum absolute atomic E-state index is 0.225. The van der Waals surface area contributed by atoms with Crippen molar-refractivity contribution in [3.8, 4) is 11.5 Å². The van der Waals surface area contributed by atoms with Crippen LogP contribution < -0.4 is 11.2 Å². The number of nitrogen functional groups attached to an aromatic ring is 1. The maximum absolute atomic E-state index is 11.6. The number of aryl methyl sites for hydroxylation is 1. The van der Waals surface area contributed by atoms with Gasteiger partial charge in [-0.15, -0.1) is 0 Å². The summed E-state index contributed by atoms with van der Waals surface area (Å²) in [6.07, 6.45) is 0. The summed E-state index contributed by atoms with van der Waals surface area (Å²) in [5, 5.41) is 0. The fourth-order valence-corrected chi connectivity index (χ4v) is 2.02. The second-order valence-corrected chi connectivity index (χ2v) is 4.45. The summed E-state index contributed by atoms with van der Waals surface area (Å²) in [5.74, 6) is 0.475. The van der Waals surface area contributed by atoms with Crippen LogP contribution in [0.3, 0.4) is 0 Å². The molecule has 0 saturated heterocycles. The van der Waals surface area contributed by atoms with Crippen molar-refractivity contribution >= 4 is 16.8 Å². The van der Waals surface area contributed by atoms with Gasteiger partial charge in [-0.25, -0.2) is 4.98 Å². The van der Waals surface area contributed by atoms with Crippen molar-refractivity contribution < 1.29 is 4.42 Å². The molecule has 2 N–H and O–H groups in total. The molecule has 0 fully saturated rings. The summed E-state index contributed by atoms with van der Waals surface area (Å²) < 4.78 is 5.70. The Hall–Kier alpha value is -2.36. The zero-order valence-electron chi connectivity index (χ0n) is 10.2. The molecule has 0 atom stereocenters. The topological polar surface area (TPSA) is 69.1 Å². The van der Waals surface area contributed by atoms with Crippen molar-refractivity contribution in [3.05, 3.63) is 45.6 Å². The lowest BCUT2D eigenvalue weighted by molar-refractivity contribution is 0.611. The molecule has 1 aliphatic carbocycles. The lowest BCUT2D eigenvalue weighted by atomic mass is 10.1. The van der Waals surface area contributed by atoms with Gasteiger partial charge in [0.05, 0.1) is 5.69 Å². The second-order valence-electron chi connectivity index (χ2n) is 4.45. The predicted octanol–water partition coefficient (Wildman–Crippen LogP) is 2.49. The number of nitrogens with two attached hydrogens (primary N) is 1. The lowest BCUT2D eigenvalue weighted by Crippen LogP contribution is -2.11. The number of aromatic nitrogens is 1. The first-order valence-corrected chi connectivity index (χ1v) is 5.66. The van der Waals surface area contributed by atoms with E-state index in [-0.39, 0.29) is 11.1 Å². The van der Waals surface area contributed by atoms with E-state index in [4.69, 9.17) is 10.2 Å². The van der Waals surface area contributed by atoms with Gasteiger partial charge in [-0.2, -0.15) is 0 Å². The maximum atomic E-state index is 11.6. The van der Waals surface area contributed by atoms with E-state index in [9.17, 15) is 4.79 Å². The summed E-state index contributed by atoms with van der Waals surface area (Å²) in [6.45, 7) is 3.77. The Morgan fingerprint density at radius 3 is 2.78 bits per heavy atom. The average molecular weight is 240 g/mol. The molecule has 0 radical (unpaired) electrons. The number of hydrogen-bond donors (Lipinski definition) is 1. The van der Waals surface area contributed by atoms with Gasteiger partial charge in [0.15, 0.2) is 11.3 Å². The molecule has 3 rings (SSSR count). The fraction of sp³-hybridized carbons (Fsp3) is 0.143. The molecule has 4 heteroatoms. The van der Waals surface area contributed by atoms with Gasteiger partial charge in [0.2, 0.25) is 5.43 Å². The van der Waals surface area contributed by atoms with Crippen LogP contribution in [0.25, 0.3) is 22.6 Å². The van der Waals surface area contributed by atoms with Crippen molar-refractivity contribution in [1.29, 1.82) is 0 Å². The number of rotatable bonds is 0. The van der Waals surface area contributed by atoms with E-state index in [0.717, 1.165) is 11.1 Å². The van der Waals surface area contributed by atoms with E-state index in [1.165, 1.54) is 6.07 Å². The van der Waals surface area contributed by atoms with Gasteiger partial charge in [0.25, 0.3) is 0 Å². The van der Waals surface area contributed by atoms with Crippen LogP contribution in [0.4, 0.5) is 5.69 Å². The van der Waals surface area contributed by atoms with E-state index in [2.05, 4.69) is 4.98 Å². The molecule has 0 bridgehead atoms. The SMILES string of the molecule is Cc1ccc2oc3cc(=O)c(N)c(C)c-3nc2c1. The van der Waals surface area contributed by atoms with Crippen LogP contribution in [0.5, 0.6) is 0 Å². The first kappa shape index (κ1) is 10.8. The summed E-state index contributed by atoms with van der Waals surface area (Å²) in [5.41, 5.74) is 9.59. The van der Waals surface area contributed by atoms with E-state index in [0.29, 0.717) is 22.6 Å². The number of hydrogen-bond acceptors (Lipinski definition) is 4. The Kier molecular flexibility index (Phi) is 2.13. The third-order valence-corrected chi connectivity index (χ3v) is 3.09. The zero-order valence-corrected chi connectivity index (χ0v) is 10.2. The molecule has 1 aromatic carbocycles. The minimum atomic E-state index is -0.225. The van der Waals surface area contributed by atoms with Crippen LogP contribution in [0.2, 0.25) is 0 Å². The normalized spacial score (nSPS) is 11.2. The van der Waals surface area contributed by atoms with Gasteiger partial charge in [0.1, 0.15) is 11.2 Å². The zero-order chi connectivity index (χ0) is 12.9. The molecule has 0 saturated carbocycles. The van der Waals surface area contributed by atoms with Gasteiger partial charge in [-0.3, -0.25) is 4.79 Å². The van der Waals surface area contributed by atoms with Crippen molar-refractivity contribution in [3.63, 3.8) is 0 Å². The largest absolute Gasteiger partial charge is 0.453 e. The Morgan fingerprint density at radius 2 is 2.00 bits per heavy atom. The third-order valence-electron chi connectivity index (χ3n) is 3.09. The Labute approximate surface area is 103 Å². The van der Waals surface area contributed by atoms with Crippen molar-refractivity contribution in [2.24, 2.45) is 0 Å². The highest BCUT2D eigenvalue weighted by atomic mass is 16.3. The molecular weight excluding hydrogens is 228 g/mol. The summed E-state index contributed by atoms with van der Waals surface area (Å²) in [4.78, 5) is 16.2. The maximum Gasteiger partial charge on any atom is 0.205 e. The molecule has 0 unspecified atom stereocenters. The van der Waals surface area contributed by atoms with Gasteiger partial charge < -0.3 is 10.2 Å². The van der Waals surface area contributed by atoms with Gasteiger partial charge in [-0.05, 0) is 31.5 Å². The summed E-state index contributed by atoms with van der Waals surface area (Å²) in [7, 11) is 0. The molecule has 0 amide bonds. The van der Waals surface area contributed by atoms with E-state index in [1.807, 2.05) is 25.1 Å². The monoisotopic (exact) mass is 240 g/mol. The molecule has 2 aliphatic rings. The molecule has 90 valence electrons. The van der Waals surface area contributed by atoms with Crippen LogP contribution in [-0.2, 0) is 0 Å². The molecule has 1 aliphatic heterocycles. The second kappa shape index (κ2) is 3.57. The quantitative estimate of drug-likeness (QED) is 0.484. The lowest BCUT2D eigenvalue weighted by Gasteiger charge is -2.10. The van der Waals surface area contributed by atoms with Crippen molar-refractivity contribution in [2.45, 2.75) is 13.8 Å². The average Bonchev–Trinajstić information content (AvgIpc) is 2.35. The summed E-state index contributed by atoms with van der Waals surface area (Å²) >= 11 is 0. The third kappa shape index (κ3) is 1.46. The highest BCUT2D eigenvalue weighted by Gasteiger charge is 2.16. The van der Waals surface area contributed by atoms with Crippen LogP contribution in [0.1, 0.15) is 11.1 Å². The predicted molar refractivity (Wildman–Crippen MR) is 70.8 cm³/mol. The van der Waals surface area contributed by atoms with Crippen LogP contribution in [-0.4, -0.2) is 4.98 Å². The van der Waals surface area contributed by atoms with E-state index in [1.54, 1.807) is 6.92 Å². The van der Waals surface area contributed by atoms with Crippen molar-refractivity contribution in [2.75, 3.05) is 5.73 Å². The molecule has 1 heterocycles. The fourth-order valence-electron chi connectivity index (χ4n) is 2.02. The molecule has 1 aromatic rings. The van der Waals surface area contributed by atoms with Crippen LogP contribution >= 0.6 is 0 Å². The standard InChI is InChI=1S/C14H12N2O2/c1-7-3-4-11-9(5-7)16-14-8(2)13(15)10(17)6-12(14)18-11/h3-6H,15H2,1-2H3. The molecule has 18 heavy (non-hydrogen) atoms. The van der Waals surface area contributed by atoms with Crippen LogP contribution in [0.15, 0.2) is 33.5 Å². The highest BCUT2D eigenvalue weighted by Crippen LogP contribution is 2.28. The van der Waals surface area contributed by atoms with Gasteiger partial charge in [-0.1, -0.05) is 6.07 Å². The first-order valence-electron chi connectivity index (χ1n) is 5.66. The van der Waals surface area contributed by atoms with Gasteiger partial charge in [0, 0.05) is 11.6 Å². The number of fused-ring (bicyclic) bond motifs is 2. The smallest absolute Gasteiger partial charge is 0.205 e. The van der Waals surface area contributed by atoms with Gasteiger partial charge >= 0.3 is 0 Å². The number of benzene rings is 2. The number of nitrogens with zero attached hydrogens (tertiary/aromatic N) is 1. The Balaban J connectivity index is 2.50. The minimum Gasteiger partial charge on any atom is -0.453 e. The molecule has 0 aromatic heterocycles. The molecular formula is C14H12N2O2. The first-order chi connectivity index (χ1) is 8.56. The van der Waals surface area contributed by atoms with Crippen molar-refractivity contribution in [1.82, 2.24) is 4.98 Å². The highest BCUT2D eigenvalue weighted by molar-refractivity contribution is 5.79.